The fourth-order valence-electron chi connectivity index (χ4n) is 1.16. The number of unbranched alkanes of at least 4 members (excludes halogenated alkanes) is 2. The molecule has 0 spiro atoms. The van der Waals surface area contributed by atoms with E-state index in [9.17, 15) is 0 Å². The molecule has 74 valence electrons. The molecule has 12 heavy (non-hydrogen) atoms. The predicted molar refractivity (Wildman–Crippen MR) is 53.2 cm³/mol. The molecule has 0 aromatic rings. The molecule has 0 aromatic heterocycles. The third-order valence-corrected chi connectivity index (χ3v) is 1.89. The van der Waals surface area contributed by atoms with Crippen LogP contribution in [0, 0.1) is 5.92 Å². The Morgan fingerprint density at radius 3 is 2.00 bits per heavy atom. The molecule has 0 atom stereocenters. The van der Waals surface area contributed by atoms with Gasteiger partial charge in [0.05, 0.1) is 0 Å². The molecule has 0 bridgehead atoms. The van der Waals surface area contributed by atoms with Gasteiger partial charge in [0.1, 0.15) is 5.79 Å². The van der Waals surface area contributed by atoms with Crippen LogP contribution in [-0.2, 0) is 0 Å². The van der Waals surface area contributed by atoms with E-state index in [4.69, 9.17) is 17.2 Å². The van der Waals surface area contributed by atoms with Crippen molar-refractivity contribution in [1.82, 2.24) is 0 Å². The summed E-state index contributed by atoms with van der Waals surface area (Å²) in [6, 6.07) is 0. The zero-order valence-corrected chi connectivity index (χ0v) is 8.34. The summed E-state index contributed by atoms with van der Waals surface area (Å²) in [7, 11) is 0. The van der Waals surface area contributed by atoms with Gasteiger partial charge in [0.2, 0.25) is 0 Å². The van der Waals surface area contributed by atoms with Gasteiger partial charge in [0.25, 0.3) is 0 Å². The minimum Gasteiger partial charge on any atom is -0.301 e. The summed E-state index contributed by atoms with van der Waals surface area (Å²) in [6.45, 7) is 4.47. The van der Waals surface area contributed by atoms with Gasteiger partial charge in [-0.15, -0.1) is 0 Å². The summed E-state index contributed by atoms with van der Waals surface area (Å²) in [5, 5.41) is 0. The lowest BCUT2D eigenvalue weighted by molar-refractivity contribution is 0.396. The zero-order chi connectivity index (χ0) is 9.61. The van der Waals surface area contributed by atoms with Crippen LogP contribution in [0.25, 0.3) is 0 Å². The van der Waals surface area contributed by atoms with Crippen LogP contribution < -0.4 is 17.2 Å². The molecule has 0 radical (unpaired) electrons. The molecule has 0 aliphatic rings. The van der Waals surface area contributed by atoms with Gasteiger partial charge in [0.15, 0.2) is 0 Å². The van der Waals surface area contributed by atoms with E-state index >= 15 is 0 Å². The van der Waals surface area contributed by atoms with Crippen LogP contribution in [0.2, 0.25) is 0 Å². The summed E-state index contributed by atoms with van der Waals surface area (Å²) in [5.74, 6) is -0.166. The van der Waals surface area contributed by atoms with Crippen LogP contribution in [0.1, 0.15) is 46.0 Å². The van der Waals surface area contributed by atoms with Crippen molar-refractivity contribution < 1.29 is 0 Å². The molecule has 0 aliphatic heterocycles. The van der Waals surface area contributed by atoms with Crippen LogP contribution in [-0.4, -0.2) is 5.79 Å². The molecule has 0 saturated carbocycles. The molecule has 0 fully saturated rings. The lowest BCUT2D eigenvalue weighted by Gasteiger charge is -2.17. The van der Waals surface area contributed by atoms with Gasteiger partial charge in [0, 0.05) is 0 Å². The van der Waals surface area contributed by atoms with Gasteiger partial charge in [-0.25, -0.2) is 0 Å². The lowest BCUT2D eigenvalue weighted by Crippen LogP contribution is -2.57. The zero-order valence-electron chi connectivity index (χ0n) is 8.34. The van der Waals surface area contributed by atoms with E-state index in [2.05, 4.69) is 13.8 Å². The normalized spacial score (nSPS) is 12.5. The van der Waals surface area contributed by atoms with E-state index in [1.54, 1.807) is 0 Å². The van der Waals surface area contributed by atoms with Gasteiger partial charge in [-0.3, -0.25) is 0 Å². The largest absolute Gasteiger partial charge is 0.301 e. The highest BCUT2D eigenvalue weighted by Gasteiger charge is 2.09. The van der Waals surface area contributed by atoms with Crippen molar-refractivity contribution in [1.29, 1.82) is 0 Å². The van der Waals surface area contributed by atoms with E-state index in [0.717, 1.165) is 12.3 Å². The average Bonchev–Trinajstić information content (AvgIpc) is 1.83. The van der Waals surface area contributed by atoms with E-state index in [1.165, 1.54) is 19.3 Å². The van der Waals surface area contributed by atoms with Gasteiger partial charge in [-0.2, -0.15) is 0 Å². The predicted octanol–water partition coefficient (Wildman–Crippen LogP) is 1.12. The summed E-state index contributed by atoms with van der Waals surface area (Å²) in [6.07, 6.45) is 5.48. The van der Waals surface area contributed by atoms with Crippen LogP contribution in [0.4, 0.5) is 0 Å². The topological polar surface area (TPSA) is 78.1 Å². The third kappa shape index (κ3) is 9.88. The molecule has 0 rings (SSSR count). The Kier molecular flexibility index (Phi) is 5.46. The number of hydrogen-bond donors (Lipinski definition) is 3. The van der Waals surface area contributed by atoms with Gasteiger partial charge >= 0.3 is 0 Å². The highest BCUT2D eigenvalue weighted by molar-refractivity contribution is 4.66. The van der Waals surface area contributed by atoms with Crippen LogP contribution in [0.5, 0.6) is 0 Å². The maximum Gasteiger partial charge on any atom is 0.115 e. The fourth-order valence-corrected chi connectivity index (χ4v) is 1.16. The van der Waals surface area contributed by atoms with Gasteiger partial charge < -0.3 is 17.2 Å². The number of hydrogen-bond acceptors (Lipinski definition) is 3. The first-order valence-corrected chi connectivity index (χ1v) is 4.78. The van der Waals surface area contributed by atoms with E-state index in [1.807, 2.05) is 0 Å². The van der Waals surface area contributed by atoms with Crippen LogP contribution >= 0.6 is 0 Å². The maximum atomic E-state index is 5.43. The minimum absolute atomic E-state index is 0.713. The number of nitrogens with two attached hydrogens (primary N) is 3. The van der Waals surface area contributed by atoms with Crippen molar-refractivity contribution in [2.45, 2.75) is 51.7 Å². The number of rotatable bonds is 6. The molecule has 3 nitrogen and oxygen atoms in total. The first-order valence-electron chi connectivity index (χ1n) is 4.78. The highest BCUT2D eigenvalue weighted by Crippen LogP contribution is 2.10. The molecule has 0 unspecified atom stereocenters. The summed E-state index contributed by atoms with van der Waals surface area (Å²) in [4.78, 5) is 0. The Bertz CT molecular complexity index is 105. The van der Waals surface area contributed by atoms with E-state index in [0.29, 0.717) is 6.42 Å². The molecule has 0 heterocycles. The molecule has 3 heteroatoms. The first kappa shape index (κ1) is 11.9. The molecule has 6 N–H and O–H groups in total. The lowest BCUT2D eigenvalue weighted by atomic mass is 10.0. The maximum absolute atomic E-state index is 5.43. The standard InChI is InChI=1S/C9H23N3/c1-8(2)6-4-3-5-7-9(10,11)12/h8H,3-7,10-12H2,1-2H3. The minimum atomic E-state index is -0.960. The van der Waals surface area contributed by atoms with Crippen molar-refractivity contribution in [2.75, 3.05) is 0 Å². The molecule has 0 saturated heterocycles. The first-order chi connectivity index (χ1) is 5.42. The van der Waals surface area contributed by atoms with Gasteiger partial charge in [-0.05, 0) is 18.8 Å². The quantitative estimate of drug-likeness (QED) is 0.416. The molecule has 0 amide bonds. The average molecular weight is 173 g/mol. The Balaban J connectivity index is 3.12. The van der Waals surface area contributed by atoms with Crippen molar-refractivity contribution >= 4 is 0 Å². The van der Waals surface area contributed by atoms with E-state index < -0.39 is 5.79 Å². The van der Waals surface area contributed by atoms with Crippen molar-refractivity contribution in [3.8, 4) is 0 Å². The SMILES string of the molecule is CC(C)CCCCCC(N)(N)N. The summed E-state index contributed by atoms with van der Waals surface area (Å²) in [5.41, 5.74) is 16.3. The van der Waals surface area contributed by atoms with Gasteiger partial charge in [-0.1, -0.05) is 33.1 Å². The second-order valence-electron chi connectivity index (χ2n) is 4.11. The summed E-state index contributed by atoms with van der Waals surface area (Å²) >= 11 is 0. The smallest absolute Gasteiger partial charge is 0.115 e. The van der Waals surface area contributed by atoms with Crippen molar-refractivity contribution in [2.24, 2.45) is 23.1 Å². The Labute approximate surface area is 75.7 Å². The third-order valence-electron chi connectivity index (χ3n) is 1.89. The molecular formula is C9H23N3. The Morgan fingerprint density at radius 1 is 1.00 bits per heavy atom. The van der Waals surface area contributed by atoms with Crippen LogP contribution in [0.3, 0.4) is 0 Å². The molecule has 0 aromatic carbocycles. The van der Waals surface area contributed by atoms with Crippen molar-refractivity contribution in [3.05, 3.63) is 0 Å². The van der Waals surface area contributed by atoms with E-state index in [-0.39, 0.29) is 0 Å². The Morgan fingerprint density at radius 2 is 1.58 bits per heavy atom. The van der Waals surface area contributed by atoms with Crippen molar-refractivity contribution in [3.63, 3.8) is 0 Å². The Hall–Kier alpha value is -0.120. The fraction of sp³-hybridized carbons (Fsp3) is 1.00. The highest BCUT2D eigenvalue weighted by atomic mass is 15.1. The second-order valence-corrected chi connectivity index (χ2v) is 4.11. The molecule has 0 aliphatic carbocycles. The molecular weight excluding hydrogens is 150 g/mol. The summed E-state index contributed by atoms with van der Waals surface area (Å²) < 4.78 is 0. The van der Waals surface area contributed by atoms with Crippen LogP contribution in [0.15, 0.2) is 0 Å². The second kappa shape index (κ2) is 5.51. The monoisotopic (exact) mass is 173 g/mol.